The lowest BCUT2D eigenvalue weighted by Gasteiger charge is -2.28. The summed E-state index contributed by atoms with van der Waals surface area (Å²) < 4.78 is 14.4. The summed E-state index contributed by atoms with van der Waals surface area (Å²) in [6, 6.07) is 13.9. The Morgan fingerprint density at radius 1 is 1.00 bits per heavy atom. The Morgan fingerprint density at radius 2 is 1.67 bits per heavy atom. The smallest absolute Gasteiger partial charge is 0.259 e. The highest BCUT2D eigenvalue weighted by molar-refractivity contribution is 7.85. The summed E-state index contributed by atoms with van der Waals surface area (Å²) in [5.41, 5.74) is 3.87. The summed E-state index contributed by atoms with van der Waals surface area (Å²) in [5.74, 6) is 2.15. The monoisotopic (exact) mass is 590 g/mol. The maximum atomic E-state index is 13.6. The quantitative estimate of drug-likeness (QED) is 0.222. The van der Waals surface area contributed by atoms with Gasteiger partial charge in [-0.15, -0.1) is 0 Å². The Morgan fingerprint density at radius 3 is 2.31 bits per heavy atom. The number of pyridine rings is 1. The van der Waals surface area contributed by atoms with Crippen LogP contribution in [0.3, 0.4) is 0 Å². The fraction of sp³-hybridized carbons (Fsp3) is 0.424. The third kappa shape index (κ3) is 7.37. The molecule has 0 amide bonds. The van der Waals surface area contributed by atoms with Crippen molar-refractivity contribution in [1.29, 1.82) is 0 Å². The molecule has 0 radical (unpaired) electrons. The summed E-state index contributed by atoms with van der Waals surface area (Å²) in [6.07, 6.45) is 3.71. The van der Waals surface area contributed by atoms with Gasteiger partial charge in [-0.25, -0.2) is 9.97 Å². The van der Waals surface area contributed by atoms with Crippen molar-refractivity contribution in [2.75, 3.05) is 47.6 Å². The molecule has 0 bridgehead atoms. The van der Waals surface area contributed by atoms with E-state index in [1.54, 1.807) is 4.57 Å². The van der Waals surface area contributed by atoms with Gasteiger partial charge in [0.15, 0.2) is 0 Å². The van der Waals surface area contributed by atoms with Crippen LogP contribution in [-0.4, -0.2) is 51.2 Å². The first kappa shape index (κ1) is 32.8. The van der Waals surface area contributed by atoms with E-state index < -0.39 is 10.8 Å². The van der Waals surface area contributed by atoms with Crippen LogP contribution in [0.4, 0.5) is 17.2 Å². The van der Waals surface area contributed by atoms with Gasteiger partial charge in [-0.2, -0.15) is 0 Å². The SMILES string of the molecule is CC.CCN(CCN(C)c1cc2c([C@@H](C)Nc3ccccc3S(=O)CC)cc(C)cc2c(=O)n1C)c1cnc(C)nc1. The molecule has 0 fully saturated rings. The van der Waals surface area contributed by atoms with Crippen molar-refractivity contribution in [1.82, 2.24) is 14.5 Å². The topological polar surface area (TPSA) is 83.4 Å². The number of anilines is 3. The lowest BCUT2D eigenvalue weighted by Crippen LogP contribution is -2.35. The molecule has 1 N–H and O–H groups in total. The van der Waals surface area contributed by atoms with Gasteiger partial charge in [0.1, 0.15) is 11.6 Å². The predicted molar refractivity (Wildman–Crippen MR) is 179 cm³/mol. The van der Waals surface area contributed by atoms with Crippen molar-refractivity contribution < 1.29 is 4.21 Å². The van der Waals surface area contributed by atoms with E-state index in [0.717, 1.165) is 57.5 Å². The molecule has 2 heterocycles. The molecule has 2 atom stereocenters. The molecule has 0 aliphatic heterocycles. The second kappa shape index (κ2) is 15.0. The van der Waals surface area contributed by atoms with Crippen LogP contribution in [0.5, 0.6) is 0 Å². The van der Waals surface area contributed by atoms with Crippen LogP contribution in [0.25, 0.3) is 10.8 Å². The number of hydrogen-bond donors (Lipinski definition) is 1. The Kier molecular flexibility index (Phi) is 11.7. The standard InChI is InChI=1S/C31H40N6O2S.C2H6/c1-8-37(24-19-32-23(5)33-20-24)15-14-35(6)30-18-26-25(16-21(3)17-27(26)31(38)36(30)7)22(4)34-28-12-10-11-13-29(28)40(39)9-2;1-2/h10-13,16-20,22,34H,8-9,14-15H2,1-7H3;1-2H3/t22-,40?;/m1./s1. The minimum absolute atomic E-state index is 0.0248. The van der Waals surface area contributed by atoms with Gasteiger partial charge in [0.25, 0.3) is 5.56 Å². The van der Waals surface area contributed by atoms with E-state index in [4.69, 9.17) is 0 Å². The Balaban J connectivity index is 0.00000237. The Labute approximate surface area is 253 Å². The number of rotatable bonds is 11. The fourth-order valence-corrected chi connectivity index (χ4v) is 5.97. The van der Waals surface area contributed by atoms with E-state index in [2.05, 4.69) is 51.1 Å². The minimum Gasteiger partial charge on any atom is -0.378 e. The summed E-state index contributed by atoms with van der Waals surface area (Å²) >= 11 is 0. The van der Waals surface area contributed by atoms with Crippen LogP contribution >= 0.6 is 0 Å². The summed E-state index contributed by atoms with van der Waals surface area (Å²) in [4.78, 5) is 27.5. The van der Waals surface area contributed by atoms with Crippen molar-refractivity contribution in [3.05, 3.63) is 82.2 Å². The van der Waals surface area contributed by atoms with E-state index in [0.29, 0.717) is 17.7 Å². The molecule has 0 saturated heterocycles. The minimum atomic E-state index is -1.08. The Bertz CT molecular complexity index is 1570. The largest absolute Gasteiger partial charge is 0.378 e. The zero-order valence-corrected chi connectivity index (χ0v) is 27.4. The van der Waals surface area contributed by atoms with Crippen LogP contribution in [-0.2, 0) is 17.8 Å². The number of likely N-dealkylation sites (N-methyl/N-ethyl adjacent to an activating group) is 2. The molecule has 226 valence electrons. The van der Waals surface area contributed by atoms with Crippen molar-refractivity contribution in [3.8, 4) is 0 Å². The predicted octanol–water partition coefficient (Wildman–Crippen LogP) is 6.23. The third-order valence-electron chi connectivity index (χ3n) is 7.35. The lowest BCUT2D eigenvalue weighted by molar-refractivity contribution is 0.684. The Hall–Kier alpha value is -3.72. The van der Waals surface area contributed by atoms with E-state index in [9.17, 15) is 9.00 Å². The van der Waals surface area contributed by atoms with Crippen molar-refractivity contribution >= 4 is 38.8 Å². The van der Waals surface area contributed by atoms with Gasteiger partial charge in [0.2, 0.25) is 0 Å². The number of benzene rings is 2. The van der Waals surface area contributed by atoms with Crippen molar-refractivity contribution in [2.24, 2.45) is 7.05 Å². The van der Waals surface area contributed by atoms with Gasteiger partial charge < -0.3 is 15.1 Å². The zero-order chi connectivity index (χ0) is 31.0. The molecule has 0 aliphatic rings. The molecule has 8 nitrogen and oxygen atoms in total. The van der Waals surface area contributed by atoms with Gasteiger partial charge in [-0.3, -0.25) is 13.6 Å². The maximum absolute atomic E-state index is 13.6. The van der Waals surface area contributed by atoms with Gasteiger partial charge in [-0.05, 0) is 68.5 Å². The molecule has 4 aromatic rings. The fourth-order valence-electron chi connectivity index (χ4n) is 5.05. The van der Waals surface area contributed by atoms with Crippen LogP contribution < -0.4 is 20.7 Å². The number of aryl methyl sites for hydroxylation is 2. The molecule has 0 saturated carbocycles. The van der Waals surface area contributed by atoms with Gasteiger partial charge in [0, 0.05) is 50.9 Å². The normalized spacial score (nSPS) is 12.3. The number of aromatic nitrogens is 3. The second-order valence-corrected chi connectivity index (χ2v) is 11.9. The molecular weight excluding hydrogens is 544 g/mol. The summed E-state index contributed by atoms with van der Waals surface area (Å²) in [5, 5.41) is 5.20. The van der Waals surface area contributed by atoms with Crippen LogP contribution in [0.2, 0.25) is 0 Å². The summed E-state index contributed by atoms with van der Waals surface area (Å²) in [7, 11) is 2.77. The first-order chi connectivity index (χ1) is 20.1. The first-order valence-electron chi connectivity index (χ1n) is 14.8. The average Bonchev–Trinajstić information content (AvgIpc) is 3.00. The summed E-state index contributed by atoms with van der Waals surface area (Å²) in [6.45, 7) is 16.3. The first-order valence-corrected chi connectivity index (χ1v) is 16.1. The molecule has 0 spiro atoms. The molecule has 42 heavy (non-hydrogen) atoms. The number of nitrogens with zero attached hydrogens (tertiary/aromatic N) is 5. The van der Waals surface area contributed by atoms with Gasteiger partial charge in [0.05, 0.1) is 39.5 Å². The van der Waals surface area contributed by atoms with Gasteiger partial charge >= 0.3 is 0 Å². The van der Waals surface area contributed by atoms with Crippen LogP contribution in [0, 0.1) is 13.8 Å². The molecule has 4 rings (SSSR count). The number of nitrogens with one attached hydrogen (secondary N) is 1. The maximum Gasteiger partial charge on any atom is 0.259 e. The van der Waals surface area contributed by atoms with E-state index in [1.807, 2.05) is 91.4 Å². The highest BCUT2D eigenvalue weighted by Crippen LogP contribution is 2.31. The van der Waals surface area contributed by atoms with Crippen molar-refractivity contribution in [2.45, 2.75) is 59.4 Å². The molecule has 0 aliphatic carbocycles. The number of fused-ring (bicyclic) bond motifs is 1. The third-order valence-corrected chi connectivity index (χ3v) is 8.72. The van der Waals surface area contributed by atoms with Crippen LogP contribution in [0.1, 0.15) is 57.6 Å². The van der Waals surface area contributed by atoms with Crippen molar-refractivity contribution in [3.63, 3.8) is 0 Å². The second-order valence-electron chi connectivity index (χ2n) is 10.2. The molecule has 2 aromatic carbocycles. The van der Waals surface area contributed by atoms with E-state index >= 15 is 0 Å². The highest BCUT2D eigenvalue weighted by atomic mass is 32.2. The zero-order valence-electron chi connectivity index (χ0n) is 26.6. The number of hydrogen-bond acceptors (Lipinski definition) is 7. The molecular formula is C33H46N6O2S. The molecule has 1 unspecified atom stereocenters. The average molecular weight is 591 g/mol. The van der Waals surface area contributed by atoms with Crippen LogP contribution in [0.15, 0.2) is 64.5 Å². The van der Waals surface area contributed by atoms with Gasteiger partial charge in [-0.1, -0.05) is 39.0 Å². The van der Waals surface area contributed by atoms with E-state index in [-0.39, 0.29) is 11.6 Å². The lowest BCUT2D eigenvalue weighted by atomic mass is 9.97. The van der Waals surface area contributed by atoms with E-state index in [1.165, 1.54) is 0 Å². The molecule has 9 heteroatoms. The molecule has 2 aromatic heterocycles. The highest BCUT2D eigenvalue weighted by Gasteiger charge is 2.19. The number of para-hydroxylation sites is 1.